The van der Waals surface area contributed by atoms with Gasteiger partial charge in [-0.05, 0) is 77.4 Å². The van der Waals surface area contributed by atoms with E-state index in [-0.39, 0.29) is 12.2 Å². The minimum Gasteiger partial charge on any atom is -0.508 e. The van der Waals surface area contributed by atoms with Crippen molar-refractivity contribution in [3.8, 4) is 17.2 Å². The summed E-state index contributed by atoms with van der Waals surface area (Å²) < 4.78 is 6.77. The van der Waals surface area contributed by atoms with Gasteiger partial charge in [-0.25, -0.2) is 0 Å². The molecule has 0 saturated heterocycles. The van der Waals surface area contributed by atoms with Crippen LogP contribution in [0.25, 0.3) is 0 Å². The standard InChI is InChI=1S/C16H15IO4/c1-10-8-11(2-7-15(19)20)9-14(17)16(10)21-13-5-3-12(18)4-6-13/h3-6,8-9,18H,2,7H2,1H3,(H,19,20). The van der Waals surface area contributed by atoms with E-state index in [2.05, 4.69) is 22.6 Å². The number of ether oxygens (including phenoxy) is 1. The van der Waals surface area contributed by atoms with Gasteiger partial charge < -0.3 is 14.9 Å². The zero-order valence-electron chi connectivity index (χ0n) is 11.5. The number of benzene rings is 2. The van der Waals surface area contributed by atoms with Crippen LogP contribution in [-0.4, -0.2) is 16.2 Å². The average Bonchev–Trinajstić information content (AvgIpc) is 2.42. The quantitative estimate of drug-likeness (QED) is 0.744. The molecule has 2 N–H and O–H groups in total. The molecule has 0 heterocycles. The van der Waals surface area contributed by atoms with E-state index in [1.54, 1.807) is 24.3 Å². The molecule has 0 aliphatic heterocycles. The summed E-state index contributed by atoms with van der Waals surface area (Å²) in [7, 11) is 0. The molecule has 0 bridgehead atoms. The number of halogens is 1. The lowest BCUT2D eigenvalue weighted by atomic mass is 10.1. The molecular weight excluding hydrogens is 383 g/mol. The van der Waals surface area contributed by atoms with E-state index in [1.807, 2.05) is 19.1 Å². The second kappa shape index (κ2) is 6.80. The first kappa shape index (κ1) is 15.6. The summed E-state index contributed by atoms with van der Waals surface area (Å²) in [6, 6.07) is 10.4. The van der Waals surface area contributed by atoms with Crippen LogP contribution in [0.15, 0.2) is 36.4 Å². The van der Waals surface area contributed by atoms with Gasteiger partial charge >= 0.3 is 5.97 Å². The summed E-state index contributed by atoms with van der Waals surface area (Å²) in [6.45, 7) is 1.93. The zero-order valence-corrected chi connectivity index (χ0v) is 13.6. The smallest absolute Gasteiger partial charge is 0.303 e. The van der Waals surface area contributed by atoms with Gasteiger partial charge in [0.2, 0.25) is 0 Å². The Morgan fingerprint density at radius 1 is 1.24 bits per heavy atom. The van der Waals surface area contributed by atoms with Gasteiger partial charge in [-0.2, -0.15) is 0 Å². The van der Waals surface area contributed by atoms with Crippen molar-refractivity contribution < 1.29 is 19.7 Å². The molecule has 0 atom stereocenters. The maximum absolute atomic E-state index is 10.6. The van der Waals surface area contributed by atoms with Crippen LogP contribution in [0.1, 0.15) is 17.5 Å². The van der Waals surface area contributed by atoms with Crippen LogP contribution >= 0.6 is 22.6 Å². The minimum absolute atomic E-state index is 0.119. The van der Waals surface area contributed by atoms with Crippen molar-refractivity contribution >= 4 is 28.6 Å². The largest absolute Gasteiger partial charge is 0.508 e. The summed E-state index contributed by atoms with van der Waals surface area (Å²) >= 11 is 2.18. The highest BCUT2D eigenvalue weighted by molar-refractivity contribution is 14.1. The molecule has 0 unspecified atom stereocenters. The highest BCUT2D eigenvalue weighted by Gasteiger charge is 2.10. The van der Waals surface area contributed by atoms with E-state index in [1.165, 1.54) is 0 Å². The van der Waals surface area contributed by atoms with E-state index >= 15 is 0 Å². The van der Waals surface area contributed by atoms with Gasteiger partial charge in [0.25, 0.3) is 0 Å². The third-order valence-corrected chi connectivity index (χ3v) is 3.77. The van der Waals surface area contributed by atoms with Gasteiger partial charge in [-0.15, -0.1) is 0 Å². The molecule has 0 aliphatic rings. The van der Waals surface area contributed by atoms with Gasteiger partial charge in [-0.3, -0.25) is 4.79 Å². The van der Waals surface area contributed by atoms with Crippen LogP contribution in [0, 0.1) is 10.5 Å². The Labute approximate surface area is 136 Å². The van der Waals surface area contributed by atoms with E-state index in [0.717, 1.165) is 20.4 Å². The van der Waals surface area contributed by atoms with Crippen LogP contribution < -0.4 is 4.74 Å². The number of aryl methyl sites for hydroxylation is 2. The molecule has 0 aliphatic carbocycles. The summed E-state index contributed by atoms with van der Waals surface area (Å²) in [6.07, 6.45) is 0.624. The molecule has 0 radical (unpaired) electrons. The number of carboxylic acids is 1. The molecule has 0 aromatic heterocycles. The van der Waals surface area contributed by atoms with Crippen molar-refractivity contribution in [2.75, 3.05) is 0 Å². The summed E-state index contributed by atoms with van der Waals surface area (Å²) in [5.41, 5.74) is 1.94. The number of rotatable bonds is 5. The van der Waals surface area contributed by atoms with Crippen molar-refractivity contribution in [1.82, 2.24) is 0 Å². The number of phenolic OH excluding ortho intramolecular Hbond substituents is 1. The molecule has 2 aromatic carbocycles. The molecule has 4 nitrogen and oxygen atoms in total. The highest BCUT2D eigenvalue weighted by Crippen LogP contribution is 2.32. The lowest BCUT2D eigenvalue weighted by molar-refractivity contribution is -0.136. The average molecular weight is 398 g/mol. The van der Waals surface area contributed by atoms with E-state index < -0.39 is 5.97 Å². The Bertz CT molecular complexity index is 627. The lowest BCUT2D eigenvalue weighted by Gasteiger charge is -2.13. The highest BCUT2D eigenvalue weighted by atomic mass is 127. The molecule has 110 valence electrons. The molecule has 0 spiro atoms. The van der Waals surface area contributed by atoms with Crippen molar-refractivity contribution in [3.05, 3.63) is 51.1 Å². The van der Waals surface area contributed by atoms with Gasteiger partial charge in [0, 0.05) is 6.42 Å². The van der Waals surface area contributed by atoms with Crippen molar-refractivity contribution in [3.63, 3.8) is 0 Å². The van der Waals surface area contributed by atoms with Gasteiger partial charge in [0.05, 0.1) is 3.57 Å². The number of carboxylic acid groups (broad SMARTS) is 1. The minimum atomic E-state index is -0.799. The molecule has 5 heteroatoms. The molecule has 21 heavy (non-hydrogen) atoms. The normalized spacial score (nSPS) is 10.4. The van der Waals surface area contributed by atoms with Crippen molar-refractivity contribution in [2.45, 2.75) is 19.8 Å². The fourth-order valence-corrected chi connectivity index (χ4v) is 2.89. The maximum atomic E-state index is 10.6. The van der Waals surface area contributed by atoms with Crippen LogP contribution in [0.4, 0.5) is 0 Å². The van der Waals surface area contributed by atoms with E-state index in [4.69, 9.17) is 9.84 Å². The van der Waals surface area contributed by atoms with E-state index in [9.17, 15) is 9.90 Å². The van der Waals surface area contributed by atoms with Gasteiger partial charge in [-0.1, -0.05) is 6.07 Å². The van der Waals surface area contributed by atoms with Crippen LogP contribution in [-0.2, 0) is 11.2 Å². The van der Waals surface area contributed by atoms with Crippen LogP contribution in [0.5, 0.6) is 17.2 Å². The second-order valence-corrected chi connectivity index (χ2v) is 5.88. The Morgan fingerprint density at radius 2 is 1.90 bits per heavy atom. The number of aliphatic carboxylic acids is 1. The third-order valence-electron chi connectivity index (χ3n) is 2.97. The first-order valence-corrected chi connectivity index (χ1v) is 7.51. The monoisotopic (exact) mass is 398 g/mol. The first-order valence-electron chi connectivity index (χ1n) is 6.43. The first-order chi connectivity index (χ1) is 9.95. The number of phenols is 1. The summed E-state index contributed by atoms with van der Waals surface area (Å²) in [4.78, 5) is 10.6. The fraction of sp³-hybridized carbons (Fsp3) is 0.188. The predicted molar refractivity (Wildman–Crippen MR) is 88.0 cm³/mol. The van der Waals surface area contributed by atoms with Crippen molar-refractivity contribution in [1.29, 1.82) is 0 Å². The SMILES string of the molecule is Cc1cc(CCC(=O)O)cc(I)c1Oc1ccc(O)cc1. The van der Waals surface area contributed by atoms with Gasteiger partial charge in [0.15, 0.2) is 0 Å². The number of carbonyl (C=O) groups is 1. The van der Waals surface area contributed by atoms with Crippen molar-refractivity contribution in [2.24, 2.45) is 0 Å². The molecular formula is C16H15IO4. The molecule has 2 rings (SSSR count). The van der Waals surface area contributed by atoms with Gasteiger partial charge in [0.1, 0.15) is 17.2 Å². The molecule has 0 saturated carbocycles. The molecule has 0 amide bonds. The van der Waals surface area contributed by atoms with E-state index in [0.29, 0.717) is 12.2 Å². The Balaban J connectivity index is 2.20. The second-order valence-electron chi connectivity index (χ2n) is 4.71. The maximum Gasteiger partial charge on any atom is 0.303 e. The Hall–Kier alpha value is -1.76. The zero-order chi connectivity index (χ0) is 15.4. The number of hydrogen-bond donors (Lipinski definition) is 2. The summed E-state index contributed by atoms with van der Waals surface area (Å²) in [5.74, 6) is 0.789. The topological polar surface area (TPSA) is 66.8 Å². The summed E-state index contributed by atoms with van der Waals surface area (Å²) in [5, 5.41) is 18.0. The lowest BCUT2D eigenvalue weighted by Crippen LogP contribution is -1.99. The fourth-order valence-electron chi connectivity index (χ4n) is 1.96. The predicted octanol–water partition coefficient (Wildman–Crippen LogP) is 4.11. The molecule has 0 fully saturated rings. The van der Waals surface area contributed by atoms with Crippen LogP contribution in [0.2, 0.25) is 0 Å². The third kappa shape index (κ3) is 4.35. The number of aromatic hydroxyl groups is 1. The number of hydrogen-bond acceptors (Lipinski definition) is 3. The Kier molecular flexibility index (Phi) is 5.06. The van der Waals surface area contributed by atoms with Crippen LogP contribution in [0.3, 0.4) is 0 Å². The Morgan fingerprint density at radius 3 is 2.48 bits per heavy atom. The molecule has 2 aromatic rings.